The summed E-state index contributed by atoms with van der Waals surface area (Å²) in [6.07, 6.45) is 0.553. The Labute approximate surface area is 143 Å². The Bertz CT molecular complexity index is 643. The molecule has 4 nitrogen and oxygen atoms in total. The molecule has 1 aromatic rings. The standard InChI is InChI=1S/C15H14Cl3NO3/c1-2-22-7-3-6-19-14(20)12(13(18)15(19)21)10-5-4-9(16)8-11(10)17/h4-5,8H,2-3,6-7H2,1H3. The van der Waals surface area contributed by atoms with Gasteiger partial charge >= 0.3 is 0 Å². The normalized spacial score (nSPS) is 15.2. The molecule has 0 bridgehead atoms. The van der Waals surface area contributed by atoms with Gasteiger partial charge in [0.05, 0.1) is 10.6 Å². The van der Waals surface area contributed by atoms with Crippen molar-refractivity contribution in [3.63, 3.8) is 0 Å². The minimum Gasteiger partial charge on any atom is -0.382 e. The minimum atomic E-state index is -0.510. The summed E-state index contributed by atoms with van der Waals surface area (Å²) >= 11 is 18.0. The van der Waals surface area contributed by atoms with Gasteiger partial charge in [0.1, 0.15) is 5.03 Å². The summed E-state index contributed by atoms with van der Waals surface area (Å²) in [5, 5.41) is 0.597. The van der Waals surface area contributed by atoms with Gasteiger partial charge in [0.2, 0.25) is 0 Å². The third-order valence-electron chi connectivity index (χ3n) is 3.19. The number of hydrogen-bond acceptors (Lipinski definition) is 3. The van der Waals surface area contributed by atoms with Gasteiger partial charge in [0.15, 0.2) is 0 Å². The van der Waals surface area contributed by atoms with E-state index in [2.05, 4.69) is 0 Å². The molecule has 1 aliphatic heterocycles. The molecule has 0 atom stereocenters. The SMILES string of the molecule is CCOCCCN1C(=O)C(Cl)=C(c2ccc(Cl)cc2Cl)C1=O. The molecule has 0 saturated heterocycles. The Morgan fingerprint density at radius 2 is 1.86 bits per heavy atom. The number of amides is 2. The predicted octanol–water partition coefficient (Wildman–Crippen LogP) is 3.74. The lowest BCUT2D eigenvalue weighted by Crippen LogP contribution is -2.32. The molecule has 0 N–H and O–H groups in total. The molecule has 1 aromatic carbocycles. The molecule has 22 heavy (non-hydrogen) atoms. The number of nitrogens with zero attached hydrogens (tertiary/aromatic N) is 1. The highest BCUT2D eigenvalue weighted by Gasteiger charge is 2.38. The van der Waals surface area contributed by atoms with Gasteiger partial charge in [-0.2, -0.15) is 0 Å². The molecule has 1 heterocycles. The monoisotopic (exact) mass is 361 g/mol. The summed E-state index contributed by atoms with van der Waals surface area (Å²) in [6.45, 7) is 3.20. The van der Waals surface area contributed by atoms with Crippen molar-refractivity contribution in [2.45, 2.75) is 13.3 Å². The van der Waals surface area contributed by atoms with Crippen LogP contribution >= 0.6 is 34.8 Å². The first-order valence-corrected chi connectivity index (χ1v) is 7.90. The molecule has 0 aromatic heterocycles. The third kappa shape index (κ3) is 3.46. The Morgan fingerprint density at radius 1 is 1.14 bits per heavy atom. The van der Waals surface area contributed by atoms with E-state index in [0.717, 1.165) is 4.90 Å². The second-order valence-electron chi connectivity index (χ2n) is 4.63. The van der Waals surface area contributed by atoms with Crippen LogP contribution < -0.4 is 0 Å². The minimum absolute atomic E-state index is 0.116. The van der Waals surface area contributed by atoms with Crippen LogP contribution in [0.25, 0.3) is 5.57 Å². The van der Waals surface area contributed by atoms with E-state index in [1.807, 2.05) is 6.92 Å². The number of carbonyl (C=O) groups is 2. The molecule has 118 valence electrons. The predicted molar refractivity (Wildman–Crippen MR) is 87.1 cm³/mol. The van der Waals surface area contributed by atoms with Gasteiger partial charge in [-0.05, 0) is 25.5 Å². The molecule has 0 radical (unpaired) electrons. The van der Waals surface area contributed by atoms with Crippen molar-refractivity contribution in [1.29, 1.82) is 0 Å². The molecule has 0 spiro atoms. The molecule has 2 amide bonds. The second kappa shape index (κ2) is 7.47. The van der Waals surface area contributed by atoms with E-state index >= 15 is 0 Å². The fraction of sp³-hybridized carbons (Fsp3) is 0.333. The lowest BCUT2D eigenvalue weighted by atomic mass is 10.1. The van der Waals surface area contributed by atoms with Crippen molar-refractivity contribution >= 4 is 52.2 Å². The Kier molecular flexibility index (Phi) is 5.87. The number of ether oxygens (including phenoxy) is 1. The van der Waals surface area contributed by atoms with Crippen LogP contribution in [-0.2, 0) is 14.3 Å². The van der Waals surface area contributed by atoms with E-state index in [9.17, 15) is 9.59 Å². The molecule has 0 aliphatic carbocycles. The van der Waals surface area contributed by atoms with Crippen molar-refractivity contribution in [2.75, 3.05) is 19.8 Å². The van der Waals surface area contributed by atoms with E-state index < -0.39 is 11.8 Å². The number of halogens is 3. The fourth-order valence-electron chi connectivity index (χ4n) is 2.14. The summed E-state index contributed by atoms with van der Waals surface area (Å²) < 4.78 is 5.20. The van der Waals surface area contributed by atoms with Crippen molar-refractivity contribution in [3.05, 3.63) is 38.8 Å². The summed E-state index contributed by atoms with van der Waals surface area (Å²) in [7, 11) is 0. The van der Waals surface area contributed by atoms with Crippen LogP contribution in [0.5, 0.6) is 0 Å². The first-order valence-electron chi connectivity index (χ1n) is 6.76. The molecular weight excluding hydrogens is 349 g/mol. The number of carbonyl (C=O) groups excluding carboxylic acids is 2. The Morgan fingerprint density at radius 3 is 2.50 bits per heavy atom. The Hall–Kier alpha value is -1.07. The van der Waals surface area contributed by atoms with Gasteiger partial charge in [0.25, 0.3) is 11.8 Å². The maximum absolute atomic E-state index is 12.5. The molecule has 1 aliphatic rings. The molecule has 2 rings (SSSR count). The second-order valence-corrected chi connectivity index (χ2v) is 5.85. The van der Waals surface area contributed by atoms with Gasteiger partial charge < -0.3 is 4.74 Å². The number of imide groups is 1. The van der Waals surface area contributed by atoms with Crippen molar-refractivity contribution in [3.8, 4) is 0 Å². The topological polar surface area (TPSA) is 46.6 Å². The van der Waals surface area contributed by atoms with Gasteiger partial charge in [-0.1, -0.05) is 40.9 Å². The highest BCUT2D eigenvalue weighted by molar-refractivity contribution is 6.55. The van der Waals surface area contributed by atoms with E-state index in [0.29, 0.717) is 30.2 Å². The molecule has 7 heteroatoms. The van der Waals surface area contributed by atoms with Crippen LogP contribution in [0, 0.1) is 0 Å². The quantitative estimate of drug-likeness (QED) is 0.572. The van der Waals surface area contributed by atoms with Crippen molar-refractivity contribution in [1.82, 2.24) is 4.90 Å². The van der Waals surface area contributed by atoms with Crippen LogP contribution in [0.15, 0.2) is 23.2 Å². The maximum atomic E-state index is 12.5. The molecular formula is C15H14Cl3NO3. The fourth-order valence-corrected chi connectivity index (χ4v) is 2.93. The smallest absolute Gasteiger partial charge is 0.273 e. The zero-order valence-corrected chi connectivity index (χ0v) is 14.1. The number of rotatable bonds is 6. The average molecular weight is 363 g/mol. The lowest BCUT2D eigenvalue weighted by molar-refractivity contribution is -0.136. The molecule has 0 fully saturated rings. The summed E-state index contributed by atoms with van der Waals surface area (Å²) in [6, 6.07) is 4.68. The van der Waals surface area contributed by atoms with Gasteiger partial charge in [-0.3, -0.25) is 14.5 Å². The first-order chi connectivity index (χ1) is 10.5. The Balaban J connectivity index is 2.22. The van der Waals surface area contributed by atoms with Gasteiger partial charge in [-0.15, -0.1) is 0 Å². The maximum Gasteiger partial charge on any atom is 0.273 e. The number of hydrogen-bond donors (Lipinski definition) is 0. The third-order valence-corrected chi connectivity index (χ3v) is 4.08. The van der Waals surface area contributed by atoms with Gasteiger partial charge in [0, 0.05) is 30.3 Å². The van der Waals surface area contributed by atoms with Crippen LogP contribution in [0.2, 0.25) is 10.0 Å². The van der Waals surface area contributed by atoms with Crippen LogP contribution in [-0.4, -0.2) is 36.5 Å². The van der Waals surface area contributed by atoms with Gasteiger partial charge in [-0.25, -0.2) is 0 Å². The van der Waals surface area contributed by atoms with E-state index in [1.165, 1.54) is 6.07 Å². The van der Waals surface area contributed by atoms with E-state index in [1.54, 1.807) is 12.1 Å². The van der Waals surface area contributed by atoms with Crippen LogP contribution in [0.1, 0.15) is 18.9 Å². The largest absolute Gasteiger partial charge is 0.382 e. The molecule has 0 saturated carbocycles. The van der Waals surface area contributed by atoms with Crippen molar-refractivity contribution in [2.24, 2.45) is 0 Å². The summed E-state index contributed by atoms with van der Waals surface area (Å²) in [4.78, 5) is 25.7. The number of benzene rings is 1. The van der Waals surface area contributed by atoms with E-state index in [-0.39, 0.29) is 22.2 Å². The van der Waals surface area contributed by atoms with Crippen molar-refractivity contribution < 1.29 is 14.3 Å². The zero-order chi connectivity index (χ0) is 16.3. The van der Waals surface area contributed by atoms with E-state index in [4.69, 9.17) is 39.5 Å². The first kappa shape index (κ1) is 17.3. The molecule has 0 unspecified atom stereocenters. The average Bonchev–Trinajstić information content (AvgIpc) is 2.68. The zero-order valence-electron chi connectivity index (χ0n) is 11.9. The van der Waals surface area contributed by atoms with Crippen LogP contribution in [0.3, 0.4) is 0 Å². The highest BCUT2D eigenvalue weighted by atomic mass is 35.5. The lowest BCUT2D eigenvalue weighted by Gasteiger charge is -2.14. The summed E-state index contributed by atoms with van der Waals surface area (Å²) in [5.41, 5.74) is 0.520. The summed E-state index contributed by atoms with van der Waals surface area (Å²) in [5.74, 6) is -0.958. The highest BCUT2D eigenvalue weighted by Crippen LogP contribution is 2.36. The van der Waals surface area contributed by atoms with Crippen LogP contribution in [0.4, 0.5) is 0 Å².